The maximum Gasteiger partial charge on any atom is 0.0850 e. The van der Waals surface area contributed by atoms with Crippen LogP contribution in [0.1, 0.15) is 38.1 Å². The Kier molecular flexibility index (Phi) is 4.30. The molecule has 1 aliphatic rings. The second-order valence-electron chi connectivity index (χ2n) is 5.03. The molecule has 1 saturated heterocycles. The molecule has 0 aromatic carbocycles. The Morgan fingerprint density at radius 2 is 2.06 bits per heavy atom. The zero-order valence-electron chi connectivity index (χ0n) is 11.2. The number of aryl methyl sites for hydroxylation is 2. The molecule has 0 saturated carbocycles. The van der Waals surface area contributed by atoms with E-state index in [0.717, 1.165) is 55.3 Å². The van der Waals surface area contributed by atoms with E-state index in [1.54, 1.807) is 0 Å². The molecule has 2 heterocycles. The first kappa shape index (κ1) is 13.8. The van der Waals surface area contributed by atoms with E-state index in [-0.39, 0.29) is 0 Å². The van der Waals surface area contributed by atoms with E-state index in [9.17, 15) is 5.11 Å². The molecule has 2 rings (SSSR count). The summed E-state index contributed by atoms with van der Waals surface area (Å²) in [6.45, 7) is 6.64. The summed E-state index contributed by atoms with van der Waals surface area (Å²) in [4.78, 5) is 0. The average Bonchev–Trinajstić information content (AvgIpc) is 2.67. The van der Waals surface area contributed by atoms with Crippen molar-refractivity contribution in [3.05, 3.63) is 16.4 Å². The van der Waals surface area contributed by atoms with Gasteiger partial charge in [0, 0.05) is 13.0 Å². The minimum absolute atomic E-state index is 0.606. The number of nitrogens with one attached hydrogen (secondary N) is 1. The Bertz CT molecular complexity index is 411. The molecule has 102 valence electrons. The summed E-state index contributed by atoms with van der Waals surface area (Å²) in [5.74, 6) is 0. The van der Waals surface area contributed by atoms with E-state index in [1.807, 2.05) is 4.68 Å². The van der Waals surface area contributed by atoms with Crippen molar-refractivity contribution in [2.75, 3.05) is 13.1 Å². The number of aromatic nitrogens is 2. The molecule has 1 aromatic heterocycles. The number of halogens is 1. The quantitative estimate of drug-likeness (QED) is 0.878. The predicted octanol–water partition coefficient (Wildman–Crippen LogP) is 1.78. The highest BCUT2D eigenvalue weighted by Gasteiger charge is 2.32. The van der Waals surface area contributed by atoms with Gasteiger partial charge in [-0.2, -0.15) is 5.10 Å². The van der Waals surface area contributed by atoms with Crippen LogP contribution in [0.2, 0.25) is 5.02 Å². The molecule has 1 aliphatic heterocycles. The van der Waals surface area contributed by atoms with Gasteiger partial charge in [0.05, 0.1) is 22.0 Å². The van der Waals surface area contributed by atoms with Crippen LogP contribution in [0.25, 0.3) is 0 Å². The zero-order valence-corrected chi connectivity index (χ0v) is 11.9. The van der Waals surface area contributed by atoms with Crippen LogP contribution in [0.4, 0.5) is 0 Å². The molecular formula is C13H22ClN3O. The van der Waals surface area contributed by atoms with Gasteiger partial charge in [-0.1, -0.05) is 18.5 Å². The molecule has 1 fully saturated rings. The molecular weight excluding hydrogens is 250 g/mol. The molecule has 0 radical (unpaired) electrons. The van der Waals surface area contributed by atoms with E-state index in [4.69, 9.17) is 11.6 Å². The minimum Gasteiger partial charge on any atom is -0.389 e. The second-order valence-corrected chi connectivity index (χ2v) is 5.41. The number of hydrogen-bond donors (Lipinski definition) is 2. The summed E-state index contributed by atoms with van der Waals surface area (Å²) in [5, 5.41) is 19.1. The van der Waals surface area contributed by atoms with E-state index in [1.165, 1.54) is 0 Å². The summed E-state index contributed by atoms with van der Waals surface area (Å²) in [6, 6.07) is 0. The van der Waals surface area contributed by atoms with Gasteiger partial charge >= 0.3 is 0 Å². The molecule has 0 spiro atoms. The molecule has 2 N–H and O–H groups in total. The second kappa shape index (κ2) is 5.59. The van der Waals surface area contributed by atoms with Crippen molar-refractivity contribution >= 4 is 11.6 Å². The monoisotopic (exact) mass is 271 g/mol. The molecule has 0 amide bonds. The number of nitrogens with zero attached hydrogens (tertiary/aromatic N) is 2. The van der Waals surface area contributed by atoms with E-state index in [2.05, 4.69) is 24.3 Å². The SMILES string of the molecule is CCc1nn(CC)c(CC2(O)CCNCC2)c1Cl. The normalized spacial score (nSPS) is 19.1. The van der Waals surface area contributed by atoms with Crippen LogP contribution >= 0.6 is 11.6 Å². The Morgan fingerprint density at radius 1 is 1.39 bits per heavy atom. The average molecular weight is 272 g/mol. The van der Waals surface area contributed by atoms with Crippen LogP contribution in [0.5, 0.6) is 0 Å². The molecule has 0 atom stereocenters. The third kappa shape index (κ3) is 2.71. The Hall–Kier alpha value is -0.580. The van der Waals surface area contributed by atoms with Crippen LogP contribution in [0.3, 0.4) is 0 Å². The van der Waals surface area contributed by atoms with Gasteiger partial charge in [-0.15, -0.1) is 0 Å². The van der Waals surface area contributed by atoms with E-state index in [0.29, 0.717) is 6.42 Å². The maximum atomic E-state index is 10.6. The Labute approximate surface area is 113 Å². The lowest BCUT2D eigenvalue weighted by molar-refractivity contribution is 0.00913. The van der Waals surface area contributed by atoms with E-state index >= 15 is 0 Å². The predicted molar refractivity (Wildman–Crippen MR) is 73.0 cm³/mol. The Balaban J connectivity index is 2.24. The lowest BCUT2D eigenvalue weighted by atomic mass is 9.87. The highest BCUT2D eigenvalue weighted by atomic mass is 35.5. The lowest BCUT2D eigenvalue weighted by Crippen LogP contribution is -2.43. The van der Waals surface area contributed by atoms with Crippen molar-refractivity contribution in [3.63, 3.8) is 0 Å². The fraction of sp³-hybridized carbons (Fsp3) is 0.769. The van der Waals surface area contributed by atoms with Gasteiger partial charge in [-0.3, -0.25) is 4.68 Å². The summed E-state index contributed by atoms with van der Waals surface area (Å²) < 4.78 is 1.93. The number of hydrogen-bond acceptors (Lipinski definition) is 3. The van der Waals surface area contributed by atoms with Gasteiger partial charge in [0.2, 0.25) is 0 Å². The standard InChI is InChI=1S/C13H22ClN3O/c1-3-10-12(14)11(17(4-2)16-10)9-13(18)5-7-15-8-6-13/h15,18H,3-9H2,1-2H3. The van der Waals surface area contributed by atoms with Crippen LogP contribution in [-0.4, -0.2) is 33.6 Å². The van der Waals surface area contributed by atoms with Gasteiger partial charge in [0.15, 0.2) is 0 Å². The smallest absolute Gasteiger partial charge is 0.0850 e. The molecule has 0 aliphatic carbocycles. The third-order valence-electron chi connectivity index (χ3n) is 3.72. The minimum atomic E-state index is -0.632. The van der Waals surface area contributed by atoms with Crippen LogP contribution in [-0.2, 0) is 19.4 Å². The van der Waals surface area contributed by atoms with Crippen LogP contribution in [0.15, 0.2) is 0 Å². The molecule has 4 nitrogen and oxygen atoms in total. The molecule has 0 unspecified atom stereocenters. The van der Waals surface area contributed by atoms with Crippen molar-refractivity contribution in [3.8, 4) is 0 Å². The van der Waals surface area contributed by atoms with Gasteiger partial charge in [-0.05, 0) is 39.3 Å². The summed E-state index contributed by atoms with van der Waals surface area (Å²) >= 11 is 6.38. The third-order valence-corrected chi connectivity index (χ3v) is 4.16. The lowest BCUT2D eigenvalue weighted by Gasteiger charge is -2.32. The number of piperidine rings is 1. The van der Waals surface area contributed by atoms with Gasteiger partial charge in [-0.25, -0.2) is 0 Å². The van der Waals surface area contributed by atoms with Gasteiger partial charge in [0.1, 0.15) is 0 Å². The van der Waals surface area contributed by atoms with E-state index < -0.39 is 5.60 Å². The van der Waals surface area contributed by atoms with Crippen molar-refractivity contribution in [2.45, 2.75) is 51.7 Å². The molecule has 1 aromatic rings. The summed E-state index contributed by atoms with van der Waals surface area (Å²) in [7, 11) is 0. The largest absolute Gasteiger partial charge is 0.389 e. The fourth-order valence-electron chi connectivity index (χ4n) is 2.57. The summed E-state index contributed by atoms with van der Waals surface area (Å²) in [6.07, 6.45) is 2.99. The van der Waals surface area contributed by atoms with Crippen molar-refractivity contribution < 1.29 is 5.11 Å². The highest BCUT2D eigenvalue weighted by molar-refractivity contribution is 6.31. The topological polar surface area (TPSA) is 50.1 Å². The fourth-order valence-corrected chi connectivity index (χ4v) is 2.90. The van der Waals surface area contributed by atoms with Gasteiger partial charge in [0.25, 0.3) is 0 Å². The Morgan fingerprint density at radius 3 is 2.61 bits per heavy atom. The van der Waals surface area contributed by atoms with Crippen LogP contribution in [0, 0.1) is 0 Å². The van der Waals surface area contributed by atoms with Crippen molar-refractivity contribution in [2.24, 2.45) is 0 Å². The number of rotatable bonds is 4. The van der Waals surface area contributed by atoms with Crippen LogP contribution < -0.4 is 5.32 Å². The molecule has 18 heavy (non-hydrogen) atoms. The zero-order chi connectivity index (χ0) is 13.2. The first-order valence-electron chi connectivity index (χ1n) is 6.77. The molecule has 0 bridgehead atoms. The highest BCUT2D eigenvalue weighted by Crippen LogP contribution is 2.29. The molecule has 5 heteroatoms. The van der Waals surface area contributed by atoms with Crippen molar-refractivity contribution in [1.29, 1.82) is 0 Å². The van der Waals surface area contributed by atoms with Crippen molar-refractivity contribution in [1.82, 2.24) is 15.1 Å². The first-order chi connectivity index (χ1) is 8.59. The first-order valence-corrected chi connectivity index (χ1v) is 7.14. The summed E-state index contributed by atoms with van der Waals surface area (Å²) in [5.41, 5.74) is 1.29. The van der Waals surface area contributed by atoms with Gasteiger partial charge < -0.3 is 10.4 Å². The number of aliphatic hydroxyl groups is 1. The maximum absolute atomic E-state index is 10.6.